The maximum atomic E-state index is 12.7. The highest BCUT2D eigenvalue weighted by Crippen LogP contribution is 2.36. The Morgan fingerprint density at radius 2 is 1.95 bits per heavy atom. The molecule has 1 heterocycles. The van der Waals surface area contributed by atoms with Gasteiger partial charge in [0.15, 0.2) is 0 Å². The van der Waals surface area contributed by atoms with Gasteiger partial charge in [-0.2, -0.15) is 18.2 Å². The topological polar surface area (TPSA) is 24.8 Å². The van der Waals surface area contributed by atoms with E-state index in [0.29, 0.717) is 32.0 Å². The second kappa shape index (κ2) is 5.69. The molecule has 1 aliphatic rings. The van der Waals surface area contributed by atoms with Crippen LogP contribution < -0.4 is 4.90 Å². The highest BCUT2D eigenvalue weighted by molar-refractivity contribution is 7.78. The SMILES string of the molecule is FC(F)(F)c1ccc(N2CCOCC2)c(N=C=S)c1. The molecule has 1 saturated heterocycles. The van der Waals surface area contributed by atoms with Gasteiger partial charge in [0.1, 0.15) is 0 Å². The minimum atomic E-state index is -4.39. The minimum absolute atomic E-state index is 0.187. The van der Waals surface area contributed by atoms with Crippen LogP contribution in [-0.2, 0) is 10.9 Å². The summed E-state index contributed by atoms with van der Waals surface area (Å²) in [5.74, 6) is 0. The van der Waals surface area contributed by atoms with E-state index < -0.39 is 11.7 Å². The molecule has 0 unspecified atom stereocenters. The monoisotopic (exact) mass is 288 g/mol. The molecule has 1 aromatic rings. The zero-order valence-electron chi connectivity index (χ0n) is 9.91. The van der Waals surface area contributed by atoms with Crippen molar-refractivity contribution in [1.82, 2.24) is 0 Å². The van der Waals surface area contributed by atoms with Crippen LogP contribution >= 0.6 is 12.2 Å². The number of hydrogen-bond acceptors (Lipinski definition) is 4. The minimum Gasteiger partial charge on any atom is -0.378 e. The van der Waals surface area contributed by atoms with Crippen LogP contribution in [0.25, 0.3) is 0 Å². The molecule has 0 spiro atoms. The van der Waals surface area contributed by atoms with Gasteiger partial charge in [-0.05, 0) is 30.4 Å². The summed E-state index contributed by atoms with van der Waals surface area (Å²) in [4.78, 5) is 5.66. The molecular formula is C12H11F3N2OS. The van der Waals surface area contributed by atoms with E-state index in [1.54, 1.807) is 0 Å². The van der Waals surface area contributed by atoms with Crippen molar-refractivity contribution >= 4 is 28.8 Å². The molecule has 3 nitrogen and oxygen atoms in total. The van der Waals surface area contributed by atoms with Crippen LogP contribution in [-0.4, -0.2) is 31.5 Å². The molecule has 102 valence electrons. The van der Waals surface area contributed by atoms with E-state index in [9.17, 15) is 13.2 Å². The fourth-order valence-corrected chi connectivity index (χ4v) is 2.01. The quantitative estimate of drug-likeness (QED) is 0.617. The lowest BCUT2D eigenvalue weighted by molar-refractivity contribution is -0.137. The number of halogens is 3. The second-order valence-electron chi connectivity index (χ2n) is 4.00. The Bertz CT molecular complexity index is 506. The third kappa shape index (κ3) is 3.32. The van der Waals surface area contributed by atoms with E-state index >= 15 is 0 Å². The maximum absolute atomic E-state index is 12.7. The summed E-state index contributed by atoms with van der Waals surface area (Å²) in [7, 11) is 0. The number of aliphatic imine (C=N–C) groups is 1. The van der Waals surface area contributed by atoms with E-state index in [1.807, 2.05) is 4.90 Å². The van der Waals surface area contributed by atoms with Crippen molar-refractivity contribution < 1.29 is 17.9 Å². The molecule has 0 amide bonds. The average Bonchev–Trinajstić information content (AvgIpc) is 2.39. The van der Waals surface area contributed by atoms with E-state index in [0.717, 1.165) is 12.1 Å². The van der Waals surface area contributed by atoms with Gasteiger partial charge < -0.3 is 9.64 Å². The Hall–Kier alpha value is -1.43. The number of ether oxygens (including phenoxy) is 1. The Morgan fingerprint density at radius 1 is 1.26 bits per heavy atom. The number of hydrogen-bond donors (Lipinski definition) is 0. The summed E-state index contributed by atoms with van der Waals surface area (Å²) in [6.45, 7) is 2.32. The molecule has 0 atom stereocenters. The molecule has 7 heteroatoms. The largest absolute Gasteiger partial charge is 0.416 e. The highest BCUT2D eigenvalue weighted by atomic mass is 32.1. The number of alkyl halides is 3. The summed E-state index contributed by atoms with van der Waals surface area (Å²) in [6, 6.07) is 3.46. The fourth-order valence-electron chi connectivity index (χ4n) is 1.91. The fraction of sp³-hybridized carbons (Fsp3) is 0.417. The Balaban J connectivity index is 2.40. The zero-order valence-corrected chi connectivity index (χ0v) is 10.7. The van der Waals surface area contributed by atoms with E-state index in [-0.39, 0.29) is 5.69 Å². The lowest BCUT2D eigenvalue weighted by Gasteiger charge is -2.29. The number of thiocarbonyl (C=S) groups is 1. The Morgan fingerprint density at radius 3 is 2.53 bits per heavy atom. The van der Waals surface area contributed by atoms with Gasteiger partial charge in [-0.1, -0.05) is 0 Å². The number of morpholine rings is 1. The third-order valence-corrected chi connectivity index (χ3v) is 2.91. The predicted molar refractivity (Wildman–Crippen MR) is 69.2 cm³/mol. The molecule has 0 N–H and O–H groups in total. The van der Waals surface area contributed by atoms with Crippen molar-refractivity contribution in [1.29, 1.82) is 0 Å². The van der Waals surface area contributed by atoms with Gasteiger partial charge in [-0.15, -0.1) is 0 Å². The normalized spacial score (nSPS) is 16.1. The van der Waals surface area contributed by atoms with Crippen LogP contribution in [0.3, 0.4) is 0 Å². The summed E-state index contributed by atoms with van der Waals surface area (Å²) in [5, 5.41) is 2.13. The van der Waals surface area contributed by atoms with Crippen molar-refractivity contribution in [3.63, 3.8) is 0 Å². The van der Waals surface area contributed by atoms with E-state index in [1.165, 1.54) is 6.07 Å². The predicted octanol–water partition coefficient (Wildman–Crippen LogP) is 3.28. The second-order valence-corrected chi connectivity index (χ2v) is 4.19. The number of nitrogens with zero attached hydrogens (tertiary/aromatic N) is 2. The number of isothiocyanates is 1. The van der Waals surface area contributed by atoms with Crippen molar-refractivity contribution in [3.05, 3.63) is 23.8 Å². The van der Waals surface area contributed by atoms with E-state index in [4.69, 9.17) is 4.74 Å². The lowest BCUT2D eigenvalue weighted by Crippen LogP contribution is -2.36. The first-order valence-electron chi connectivity index (χ1n) is 5.64. The van der Waals surface area contributed by atoms with Gasteiger partial charge in [0.05, 0.1) is 35.3 Å². The van der Waals surface area contributed by atoms with Crippen molar-refractivity contribution in [2.45, 2.75) is 6.18 Å². The number of benzene rings is 1. The smallest absolute Gasteiger partial charge is 0.378 e. The van der Waals surface area contributed by atoms with Gasteiger partial charge >= 0.3 is 6.18 Å². The molecule has 2 rings (SSSR count). The third-order valence-electron chi connectivity index (χ3n) is 2.82. The van der Waals surface area contributed by atoms with Gasteiger partial charge in [0.2, 0.25) is 0 Å². The van der Waals surface area contributed by atoms with Crippen molar-refractivity contribution in [3.8, 4) is 0 Å². The van der Waals surface area contributed by atoms with Crippen LogP contribution in [0, 0.1) is 0 Å². The van der Waals surface area contributed by atoms with Gasteiger partial charge in [0, 0.05) is 13.1 Å². The molecule has 0 radical (unpaired) electrons. The van der Waals surface area contributed by atoms with Gasteiger partial charge in [-0.25, -0.2) is 0 Å². The molecular weight excluding hydrogens is 277 g/mol. The maximum Gasteiger partial charge on any atom is 0.416 e. The van der Waals surface area contributed by atoms with Crippen LogP contribution in [0.1, 0.15) is 5.56 Å². The average molecular weight is 288 g/mol. The zero-order chi connectivity index (χ0) is 13.9. The molecule has 0 saturated carbocycles. The molecule has 1 aliphatic heterocycles. The van der Waals surface area contributed by atoms with Crippen molar-refractivity contribution in [2.75, 3.05) is 31.2 Å². The van der Waals surface area contributed by atoms with Gasteiger partial charge in [0.25, 0.3) is 0 Å². The van der Waals surface area contributed by atoms with Crippen LogP contribution in [0.4, 0.5) is 24.5 Å². The van der Waals surface area contributed by atoms with Crippen molar-refractivity contribution in [2.24, 2.45) is 4.99 Å². The molecule has 0 bridgehead atoms. The first-order valence-corrected chi connectivity index (χ1v) is 6.05. The molecule has 0 aliphatic carbocycles. The standard InChI is InChI=1S/C12H11F3N2OS/c13-12(14,15)9-1-2-11(10(7-9)16-8-19)17-3-5-18-6-4-17/h1-2,7H,3-6H2. The lowest BCUT2D eigenvalue weighted by atomic mass is 10.1. The highest BCUT2D eigenvalue weighted by Gasteiger charge is 2.31. The summed E-state index contributed by atoms with van der Waals surface area (Å²) < 4.78 is 43.2. The number of rotatable bonds is 2. The Kier molecular flexibility index (Phi) is 4.19. The van der Waals surface area contributed by atoms with Crippen LogP contribution in [0.5, 0.6) is 0 Å². The summed E-state index contributed by atoms with van der Waals surface area (Å²) in [6.07, 6.45) is -4.39. The molecule has 19 heavy (non-hydrogen) atoms. The van der Waals surface area contributed by atoms with E-state index in [2.05, 4.69) is 22.4 Å². The number of anilines is 1. The van der Waals surface area contributed by atoms with Gasteiger partial charge in [-0.3, -0.25) is 0 Å². The van der Waals surface area contributed by atoms with Crippen LogP contribution in [0.15, 0.2) is 23.2 Å². The Labute approximate surface area is 113 Å². The molecule has 1 aromatic carbocycles. The summed E-state index contributed by atoms with van der Waals surface area (Å²) in [5.41, 5.74) is 0.0638. The molecule has 0 aromatic heterocycles. The molecule has 1 fully saturated rings. The first-order chi connectivity index (χ1) is 9.02. The summed E-state index contributed by atoms with van der Waals surface area (Å²) >= 11 is 4.49. The van der Waals surface area contributed by atoms with Crippen LogP contribution in [0.2, 0.25) is 0 Å². The first kappa shape index (κ1) is 14.0.